The minimum absolute atomic E-state index is 0.0544. The van der Waals surface area contributed by atoms with Crippen molar-refractivity contribution in [2.75, 3.05) is 0 Å². The van der Waals surface area contributed by atoms with E-state index < -0.39 is 0 Å². The lowest BCUT2D eigenvalue weighted by Crippen LogP contribution is -2.11. The van der Waals surface area contributed by atoms with E-state index in [1.165, 1.54) is 5.56 Å². The van der Waals surface area contributed by atoms with Crippen LogP contribution in [0.4, 0.5) is 0 Å². The van der Waals surface area contributed by atoms with Gasteiger partial charge in [-0.25, -0.2) is 0 Å². The second-order valence-electron chi connectivity index (χ2n) is 5.91. The van der Waals surface area contributed by atoms with Crippen LogP contribution < -0.4 is 0 Å². The monoisotopic (exact) mass is 257 g/mol. The normalized spacial score (nSPS) is 11.6. The number of aryl methyl sites for hydroxylation is 2. The molecule has 0 spiro atoms. The van der Waals surface area contributed by atoms with E-state index in [1.807, 2.05) is 6.92 Å². The minimum Gasteiger partial charge on any atom is -0.355 e. The van der Waals surface area contributed by atoms with Gasteiger partial charge in [-0.2, -0.15) is 0 Å². The third-order valence-corrected chi connectivity index (χ3v) is 3.37. The molecule has 0 bridgehead atoms. The molecule has 0 unspecified atom stereocenters. The number of rotatable bonds is 2. The van der Waals surface area contributed by atoms with Crippen molar-refractivity contribution in [3.63, 3.8) is 0 Å². The first kappa shape index (κ1) is 13.5. The number of nitrogens with zero attached hydrogens (tertiary/aromatic N) is 1. The van der Waals surface area contributed by atoms with Gasteiger partial charge in [-0.3, -0.25) is 4.79 Å². The molecule has 3 heteroatoms. The van der Waals surface area contributed by atoms with Crippen molar-refractivity contribution >= 4 is 6.29 Å². The molecular weight excluding hydrogens is 238 g/mol. The molecule has 0 saturated carbocycles. The molecule has 0 saturated heterocycles. The van der Waals surface area contributed by atoms with Gasteiger partial charge < -0.3 is 4.52 Å². The maximum Gasteiger partial charge on any atom is 0.177 e. The molecule has 0 N–H and O–H groups in total. The number of carbonyl (C=O) groups is 1. The number of hydrogen-bond acceptors (Lipinski definition) is 3. The van der Waals surface area contributed by atoms with Gasteiger partial charge in [0, 0.05) is 5.56 Å². The van der Waals surface area contributed by atoms with E-state index in [-0.39, 0.29) is 5.41 Å². The minimum atomic E-state index is 0.0544. The van der Waals surface area contributed by atoms with Gasteiger partial charge in [-0.15, -0.1) is 0 Å². The zero-order chi connectivity index (χ0) is 14.2. The Hall–Kier alpha value is -1.90. The summed E-state index contributed by atoms with van der Waals surface area (Å²) < 4.78 is 5.34. The summed E-state index contributed by atoms with van der Waals surface area (Å²) in [5, 5.41) is 3.89. The summed E-state index contributed by atoms with van der Waals surface area (Å²) >= 11 is 0. The van der Waals surface area contributed by atoms with Gasteiger partial charge in [-0.05, 0) is 36.5 Å². The van der Waals surface area contributed by atoms with Crippen molar-refractivity contribution in [2.24, 2.45) is 0 Å². The van der Waals surface area contributed by atoms with Gasteiger partial charge >= 0.3 is 0 Å². The fourth-order valence-electron chi connectivity index (χ4n) is 2.04. The Kier molecular flexibility index (Phi) is 3.31. The molecule has 3 nitrogen and oxygen atoms in total. The fourth-order valence-corrected chi connectivity index (χ4v) is 2.04. The van der Waals surface area contributed by atoms with E-state index in [9.17, 15) is 4.79 Å². The smallest absolute Gasteiger partial charge is 0.177 e. The van der Waals surface area contributed by atoms with Crippen LogP contribution in [0.1, 0.15) is 48.0 Å². The molecule has 100 valence electrons. The second-order valence-corrected chi connectivity index (χ2v) is 5.91. The van der Waals surface area contributed by atoms with Crippen molar-refractivity contribution in [2.45, 2.75) is 40.0 Å². The molecule has 2 aromatic rings. The van der Waals surface area contributed by atoms with Crippen LogP contribution in [0.5, 0.6) is 0 Å². The highest BCUT2D eigenvalue weighted by molar-refractivity contribution is 5.87. The number of hydrogen-bond donors (Lipinski definition) is 0. The maximum absolute atomic E-state index is 11.2. The third kappa shape index (κ3) is 2.46. The summed E-state index contributed by atoms with van der Waals surface area (Å²) in [6, 6.07) is 6.26. The highest BCUT2D eigenvalue weighted by Gasteiger charge is 2.20. The van der Waals surface area contributed by atoms with Crippen molar-refractivity contribution < 1.29 is 9.32 Å². The first-order chi connectivity index (χ1) is 8.84. The van der Waals surface area contributed by atoms with Crippen LogP contribution in [0.15, 0.2) is 22.7 Å². The van der Waals surface area contributed by atoms with Crippen LogP contribution in [-0.2, 0) is 5.41 Å². The summed E-state index contributed by atoms with van der Waals surface area (Å²) in [5.74, 6) is 0.566. The van der Waals surface area contributed by atoms with Crippen molar-refractivity contribution in [3.05, 3.63) is 40.6 Å². The first-order valence-electron chi connectivity index (χ1n) is 6.37. The molecule has 1 heterocycles. The Morgan fingerprint density at radius 2 is 1.89 bits per heavy atom. The summed E-state index contributed by atoms with van der Waals surface area (Å²) in [7, 11) is 0. The van der Waals surface area contributed by atoms with Gasteiger partial charge in [0.25, 0.3) is 0 Å². The van der Waals surface area contributed by atoms with E-state index in [1.54, 1.807) is 6.92 Å². The topological polar surface area (TPSA) is 43.1 Å². The Morgan fingerprint density at radius 3 is 2.47 bits per heavy atom. The molecule has 0 aliphatic rings. The fraction of sp³-hybridized carbons (Fsp3) is 0.375. The highest BCUT2D eigenvalue weighted by Crippen LogP contribution is 2.32. The van der Waals surface area contributed by atoms with Gasteiger partial charge in [-0.1, -0.05) is 38.1 Å². The van der Waals surface area contributed by atoms with Crippen molar-refractivity contribution in [1.29, 1.82) is 0 Å². The zero-order valence-corrected chi connectivity index (χ0v) is 12.1. The second kappa shape index (κ2) is 4.65. The predicted molar refractivity (Wildman–Crippen MR) is 75.5 cm³/mol. The number of carbonyl (C=O) groups excluding carboxylic acids is 1. The summed E-state index contributed by atoms with van der Waals surface area (Å²) in [4.78, 5) is 11.2. The van der Waals surface area contributed by atoms with Gasteiger partial charge in [0.05, 0.1) is 11.3 Å². The van der Waals surface area contributed by atoms with E-state index in [0.717, 1.165) is 17.4 Å². The van der Waals surface area contributed by atoms with Crippen LogP contribution in [-0.4, -0.2) is 11.4 Å². The van der Waals surface area contributed by atoms with Gasteiger partial charge in [0.15, 0.2) is 12.0 Å². The average Bonchev–Trinajstić information content (AvgIpc) is 2.69. The first-order valence-corrected chi connectivity index (χ1v) is 6.37. The molecule has 0 radical (unpaired) electrons. The molecule has 0 fully saturated rings. The number of benzene rings is 1. The summed E-state index contributed by atoms with van der Waals surface area (Å²) in [6.07, 6.45) is 0.810. The average molecular weight is 257 g/mol. The molecule has 1 aromatic heterocycles. The predicted octanol–water partition coefficient (Wildman–Crippen LogP) is 4.07. The van der Waals surface area contributed by atoms with Crippen LogP contribution >= 0.6 is 0 Å². The Labute approximate surface area is 113 Å². The molecule has 0 aliphatic carbocycles. The van der Waals surface area contributed by atoms with Crippen molar-refractivity contribution in [1.82, 2.24) is 5.16 Å². The Bertz CT molecular complexity index is 618. The van der Waals surface area contributed by atoms with E-state index >= 15 is 0 Å². The summed E-state index contributed by atoms with van der Waals surface area (Å²) in [5.41, 5.74) is 4.44. The molecule has 2 rings (SSSR count). The van der Waals surface area contributed by atoms with Crippen LogP contribution in [0.25, 0.3) is 11.3 Å². The zero-order valence-electron chi connectivity index (χ0n) is 12.1. The lowest BCUT2D eigenvalue weighted by molar-refractivity contribution is 0.112. The molecule has 19 heavy (non-hydrogen) atoms. The van der Waals surface area contributed by atoms with Crippen LogP contribution in [0.2, 0.25) is 0 Å². The standard InChI is InChI=1S/C16H19NO2/c1-10-6-7-12(16(3,4)5)8-13(10)15-14(9-18)11(2)17-19-15/h6-9H,1-5H3. The van der Waals surface area contributed by atoms with E-state index in [2.05, 4.69) is 44.1 Å². The number of aldehydes is 1. The third-order valence-electron chi connectivity index (χ3n) is 3.37. The molecule has 0 amide bonds. The molecular formula is C16H19NO2. The van der Waals surface area contributed by atoms with E-state index in [4.69, 9.17) is 4.52 Å². The van der Waals surface area contributed by atoms with Crippen LogP contribution in [0.3, 0.4) is 0 Å². The highest BCUT2D eigenvalue weighted by atomic mass is 16.5. The summed E-state index contributed by atoms with van der Waals surface area (Å²) in [6.45, 7) is 10.3. The lowest BCUT2D eigenvalue weighted by atomic mass is 9.84. The quantitative estimate of drug-likeness (QED) is 0.762. The van der Waals surface area contributed by atoms with Gasteiger partial charge in [0.1, 0.15) is 0 Å². The van der Waals surface area contributed by atoms with Crippen LogP contribution in [0, 0.1) is 13.8 Å². The molecule has 0 aliphatic heterocycles. The maximum atomic E-state index is 11.2. The Balaban J connectivity index is 2.64. The Morgan fingerprint density at radius 1 is 1.21 bits per heavy atom. The largest absolute Gasteiger partial charge is 0.355 e. The SMILES string of the molecule is Cc1ccc(C(C)(C)C)cc1-c1onc(C)c1C=O. The lowest BCUT2D eigenvalue weighted by Gasteiger charge is -2.20. The van der Waals surface area contributed by atoms with Gasteiger partial charge in [0.2, 0.25) is 0 Å². The van der Waals surface area contributed by atoms with Crippen molar-refractivity contribution in [3.8, 4) is 11.3 Å². The number of aromatic nitrogens is 1. The molecule has 0 atom stereocenters. The van der Waals surface area contributed by atoms with E-state index in [0.29, 0.717) is 17.0 Å². The molecule has 1 aromatic carbocycles.